The number of carbonyl (C=O) groups excluding carboxylic acids is 1. The second kappa shape index (κ2) is 5.15. The molecule has 2 unspecified atom stereocenters. The topological polar surface area (TPSA) is 29.1 Å². The van der Waals surface area contributed by atoms with Gasteiger partial charge in [0.05, 0.1) is 0 Å². The van der Waals surface area contributed by atoms with E-state index in [0.717, 1.165) is 13.0 Å². The Hall–Kier alpha value is -0.930. The van der Waals surface area contributed by atoms with E-state index in [1.807, 2.05) is 6.92 Å². The molecule has 0 amide bonds. The summed E-state index contributed by atoms with van der Waals surface area (Å²) in [7, 11) is 0. The first-order chi connectivity index (χ1) is 8.08. The summed E-state index contributed by atoms with van der Waals surface area (Å²) >= 11 is 5.80. The van der Waals surface area contributed by atoms with Gasteiger partial charge >= 0.3 is 0 Å². The third-order valence-electron chi connectivity index (χ3n) is 3.31. The van der Waals surface area contributed by atoms with Crippen molar-refractivity contribution < 1.29 is 9.18 Å². The summed E-state index contributed by atoms with van der Waals surface area (Å²) in [4.78, 5) is 12.0. The minimum Gasteiger partial charge on any atom is -0.314 e. The first-order valence-corrected chi connectivity index (χ1v) is 6.16. The van der Waals surface area contributed by atoms with Crippen LogP contribution in [0.2, 0.25) is 5.02 Å². The second-order valence-electron chi connectivity index (χ2n) is 4.52. The predicted molar refractivity (Wildman–Crippen MR) is 65.7 cm³/mol. The van der Waals surface area contributed by atoms with Crippen LogP contribution >= 0.6 is 11.6 Å². The molecule has 17 heavy (non-hydrogen) atoms. The average molecular weight is 256 g/mol. The van der Waals surface area contributed by atoms with Gasteiger partial charge in [0.2, 0.25) is 0 Å². The lowest BCUT2D eigenvalue weighted by Crippen LogP contribution is -2.29. The van der Waals surface area contributed by atoms with Crippen LogP contribution in [0.15, 0.2) is 18.2 Å². The van der Waals surface area contributed by atoms with E-state index in [2.05, 4.69) is 5.32 Å². The molecule has 1 aromatic carbocycles. The molecule has 4 heteroatoms. The van der Waals surface area contributed by atoms with E-state index in [0.29, 0.717) is 10.6 Å². The van der Waals surface area contributed by atoms with Crippen molar-refractivity contribution in [2.45, 2.75) is 25.8 Å². The van der Waals surface area contributed by atoms with Gasteiger partial charge in [0.15, 0.2) is 0 Å². The Labute approximate surface area is 105 Å². The Kier molecular flexibility index (Phi) is 3.79. The van der Waals surface area contributed by atoms with E-state index in [-0.39, 0.29) is 30.0 Å². The summed E-state index contributed by atoms with van der Waals surface area (Å²) < 4.78 is 13.5. The number of halogens is 2. The van der Waals surface area contributed by atoms with Crippen molar-refractivity contribution in [2.75, 3.05) is 6.54 Å². The van der Waals surface area contributed by atoms with Crippen LogP contribution in [0.1, 0.15) is 18.9 Å². The minimum atomic E-state index is -0.360. The molecule has 1 aliphatic heterocycles. The van der Waals surface area contributed by atoms with Crippen molar-refractivity contribution in [3.8, 4) is 0 Å². The fraction of sp³-hybridized carbons (Fsp3) is 0.462. The summed E-state index contributed by atoms with van der Waals surface area (Å²) in [5, 5.41) is 3.69. The third kappa shape index (κ3) is 2.85. The highest BCUT2D eigenvalue weighted by Crippen LogP contribution is 2.21. The third-order valence-corrected chi connectivity index (χ3v) is 3.55. The van der Waals surface area contributed by atoms with Gasteiger partial charge in [0.1, 0.15) is 11.6 Å². The number of carbonyl (C=O) groups is 1. The molecule has 0 bridgehead atoms. The normalized spacial score (nSPS) is 23.9. The van der Waals surface area contributed by atoms with E-state index in [1.54, 1.807) is 0 Å². The number of ketones is 1. The lowest BCUT2D eigenvalue weighted by Gasteiger charge is -2.13. The van der Waals surface area contributed by atoms with Gasteiger partial charge in [0.25, 0.3) is 0 Å². The number of hydrogen-bond acceptors (Lipinski definition) is 2. The summed E-state index contributed by atoms with van der Waals surface area (Å²) in [5.74, 6) is -0.279. The molecular formula is C13H15ClFNO. The number of nitrogens with one attached hydrogen (secondary N) is 1. The number of Topliss-reactive ketones (excluding diaryl/α,β-unsaturated/α-hetero) is 1. The summed E-state index contributed by atoms with van der Waals surface area (Å²) in [6.07, 6.45) is 0.964. The standard InChI is InChI=1S/C13H15ClFNO/c1-8-11(4-5-16-8)13(17)7-9-6-10(14)2-3-12(9)15/h2-3,6,8,11,16H,4-5,7H2,1H3. The highest BCUT2D eigenvalue weighted by molar-refractivity contribution is 6.30. The van der Waals surface area contributed by atoms with Crippen LogP contribution < -0.4 is 5.32 Å². The molecule has 1 aromatic rings. The van der Waals surface area contributed by atoms with Crippen molar-refractivity contribution in [2.24, 2.45) is 5.92 Å². The molecule has 1 N–H and O–H groups in total. The van der Waals surface area contributed by atoms with E-state index in [9.17, 15) is 9.18 Å². The lowest BCUT2D eigenvalue weighted by atomic mass is 9.92. The highest BCUT2D eigenvalue weighted by atomic mass is 35.5. The fourth-order valence-electron chi connectivity index (χ4n) is 2.30. The summed E-state index contributed by atoms with van der Waals surface area (Å²) in [6.45, 7) is 2.85. The molecule has 0 aliphatic carbocycles. The molecule has 92 valence electrons. The minimum absolute atomic E-state index is 0.00613. The Morgan fingerprint density at radius 3 is 3.00 bits per heavy atom. The first-order valence-electron chi connectivity index (χ1n) is 5.78. The largest absolute Gasteiger partial charge is 0.314 e. The zero-order chi connectivity index (χ0) is 12.4. The summed E-state index contributed by atoms with van der Waals surface area (Å²) in [6, 6.07) is 4.51. The first kappa shape index (κ1) is 12.5. The van der Waals surface area contributed by atoms with Gasteiger partial charge in [-0.3, -0.25) is 4.79 Å². The zero-order valence-electron chi connectivity index (χ0n) is 9.67. The maximum absolute atomic E-state index is 13.5. The lowest BCUT2D eigenvalue weighted by molar-refractivity contribution is -0.122. The maximum atomic E-state index is 13.5. The maximum Gasteiger partial charge on any atom is 0.142 e. The molecule has 0 saturated carbocycles. The molecule has 0 aromatic heterocycles. The van der Waals surface area contributed by atoms with Crippen molar-refractivity contribution in [1.82, 2.24) is 5.32 Å². The monoisotopic (exact) mass is 255 g/mol. The van der Waals surface area contributed by atoms with Crippen LogP contribution in [0.5, 0.6) is 0 Å². The van der Waals surface area contributed by atoms with Gasteiger partial charge in [-0.25, -0.2) is 4.39 Å². The van der Waals surface area contributed by atoms with Gasteiger partial charge in [-0.05, 0) is 43.7 Å². The smallest absolute Gasteiger partial charge is 0.142 e. The molecular weight excluding hydrogens is 241 g/mol. The Morgan fingerprint density at radius 2 is 2.35 bits per heavy atom. The number of hydrogen-bond donors (Lipinski definition) is 1. The van der Waals surface area contributed by atoms with E-state index < -0.39 is 0 Å². The summed E-state index contributed by atoms with van der Waals surface area (Å²) in [5.41, 5.74) is 0.390. The van der Waals surface area contributed by atoms with Crippen LogP contribution in [-0.4, -0.2) is 18.4 Å². The fourth-order valence-corrected chi connectivity index (χ4v) is 2.49. The molecule has 1 saturated heterocycles. The number of rotatable bonds is 3. The van der Waals surface area contributed by atoms with Gasteiger partial charge in [-0.2, -0.15) is 0 Å². The van der Waals surface area contributed by atoms with Crippen molar-refractivity contribution in [3.63, 3.8) is 0 Å². The molecule has 0 spiro atoms. The van der Waals surface area contributed by atoms with Gasteiger partial charge < -0.3 is 5.32 Å². The molecule has 0 radical (unpaired) electrons. The van der Waals surface area contributed by atoms with E-state index in [1.165, 1.54) is 18.2 Å². The van der Waals surface area contributed by atoms with Crippen LogP contribution in [0.4, 0.5) is 4.39 Å². The zero-order valence-corrected chi connectivity index (χ0v) is 10.4. The van der Waals surface area contributed by atoms with Crippen LogP contribution in [0, 0.1) is 11.7 Å². The van der Waals surface area contributed by atoms with Crippen molar-refractivity contribution >= 4 is 17.4 Å². The molecule has 1 heterocycles. The van der Waals surface area contributed by atoms with Crippen LogP contribution in [0.3, 0.4) is 0 Å². The predicted octanol–water partition coefficient (Wildman–Crippen LogP) is 2.59. The quantitative estimate of drug-likeness (QED) is 0.900. The SMILES string of the molecule is CC1NCCC1C(=O)Cc1cc(Cl)ccc1F. The molecule has 1 fully saturated rings. The molecule has 2 rings (SSSR count). The molecule has 2 atom stereocenters. The Morgan fingerprint density at radius 1 is 1.59 bits per heavy atom. The second-order valence-corrected chi connectivity index (χ2v) is 4.95. The Balaban J connectivity index is 2.10. The number of benzene rings is 1. The molecule has 2 nitrogen and oxygen atoms in total. The van der Waals surface area contributed by atoms with E-state index in [4.69, 9.17) is 11.6 Å². The van der Waals surface area contributed by atoms with Gasteiger partial charge in [-0.15, -0.1) is 0 Å². The molecule has 1 aliphatic rings. The van der Waals surface area contributed by atoms with E-state index >= 15 is 0 Å². The van der Waals surface area contributed by atoms with Crippen molar-refractivity contribution in [3.05, 3.63) is 34.6 Å². The van der Waals surface area contributed by atoms with Gasteiger partial charge in [0, 0.05) is 23.4 Å². The van der Waals surface area contributed by atoms with Gasteiger partial charge in [-0.1, -0.05) is 11.6 Å². The average Bonchev–Trinajstić information content (AvgIpc) is 2.70. The van der Waals surface area contributed by atoms with Crippen LogP contribution in [-0.2, 0) is 11.2 Å². The van der Waals surface area contributed by atoms with Crippen LogP contribution in [0.25, 0.3) is 0 Å². The van der Waals surface area contributed by atoms with Crippen molar-refractivity contribution in [1.29, 1.82) is 0 Å². The Bertz CT molecular complexity index is 435. The highest BCUT2D eigenvalue weighted by Gasteiger charge is 2.29.